The molecule has 106 valence electrons. The number of ether oxygens (including phenoxy) is 1. The van der Waals surface area contributed by atoms with Gasteiger partial charge in [0.05, 0.1) is 23.8 Å². The molecule has 5 nitrogen and oxygen atoms in total. The molecule has 1 aliphatic rings. The Morgan fingerprint density at radius 3 is 2.68 bits per heavy atom. The number of benzene rings is 1. The molecule has 0 spiro atoms. The third kappa shape index (κ3) is 3.76. The van der Waals surface area contributed by atoms with Crippen molar-refractivity contribution in [3.05, 3.63) is 18.2 Å². The van der Waals surface area contributed by atoms with E-state index in [9.17, 15) is 8.42 Å². The van der Waals surface area contributed by atoms with Crippen molar-refractivity contribution in [1.29, 1.82) is 0 Å². The van der Waals surface area contributed by atoms with Crippen LogP contribution in [0.1, 0.15) is 19.8 Å². The minimum atomic E-state index is -2.82. The van der Waals surface area contributed by atoms with E-state index >= 15 is 0 Å². The first kappa shape index (κ1) is 14.0. The number of hydrogen-bond acceptors (Lipinski definition) is 5. The van der Waals surface area contributed by atoms with Crippen LogP contribution in [0.4, 0.5) is 11.4 Å². The summed E-state index contributed by atoms with van der Waals surface area (Å²) in [6, 6.07) is 5.75. The van der Waals surface area contributed by atoms with Gasteiger partial charge in [-0.1, -0.05) is 0 Å². The van der Waals surface area contributed by atoms with Gasteiger partial charge in [-0.05, 0) is 31.9 Å². The number of hydrogen-bond donors (Lipinski definition) is 2. The van der Waals surface area contributed by atoms with E-state index in [2.05, 4.69) is 5.32 Å². The molecule has 1 saturated heterocycles. The standard InChI is InChI=1S/C13H20N2O3S/c1-2-18-13-9-11(3-4-12(13)14)15-10-5-7-19(16,17)8-6-10/h3-4,9-10,15H,2,5-8,14H2,1H3. The zero-order valence-corrected chi connectivity index (χ0v) is 11.9. The highest BCUT2D eigenvalue weighted by atomic mass is 32.2. The quantitative estimate of drug-likeness (QED) is 0.822. The van der Waals surface area contributed by atoms with Crippen molar-refractivity contribution < 1.29 is 13.2 Å². The highest BCUT2D eigenvalue weighted by Crippen LogP contribution is 2.27. The average molecular weight is 284 g/mol. The zero-order valence-electron chi connectivity index (χ0n) is 11.1. The van der Waals surface area contributed by atoms with Crippen LogP contribution >= 0.6 is 0 Å². The Morgan fingerprint density at radius 1 is 1.37 bits per heavy atom. The second kappa shape index (κ2) is 5.69. The summed E-state index contributed by atoms with van der Waals surface area (Å²) in [5.74, 6) is 1.19. The van der Waals surface area contributed by atoms with Crippen molar-refractivity contribution in [2.75, 3.05) is 29.2 Å². The van der Waals surface area contributed by atoms with Crippen molar-refractivity contribution in [1.82, 2.24) is 0 Å². The minimum Gasteiger partial charge on any atom is -0.492 e. The van der Waals surface area contributed by atoms with Gasteiger partial charge < -0.3 is 15.8 Å². The smallest absolute Gasteiger partial charge is 0.150 e. The molecule has 19 heavy (non-hydrogen) atoms. The Kier molecular flexibility index (Phi) is 4.19. The third-order valence-corrected chi connectivity index (χ3v) is 4.95. The Labute approximate surface area is 114 Å². The summed E-state index contributed by atoms with van der Waals surface area (Å²) in [4.78, 5) is 0. The molecule has 6 heteroatoms. The molecule has 1 aromatic rings. The van der Waals surface area contributed by atoms with Crippen LogP contribution in [0, 0.1) is 0 Å². The summed E-state index contributed by atoms with van der Waals surface area (Å²) in [7, 11) is -2.82. The largest absolute Gasteiger partial charge is 0.492 e. The van der Waals surface area contributed by atoms with Crippen LogP contribution in [0.2, 0.25) is 0 Å². The molecule has 0 aliphatic carbocycles. The second-order valence-electron chi connectivity index (χ2n) is 4.76. The van der Waals surface area contributed by atoms with Crippen LogP contribution in [0.5, 0.6) is 5.75 Å². The lowest BCUT2D eigenvalue weighted by Gasteiger charge is -2.24. The minimum absolute atomic E-state index is 0.196. The molecule has 0 bridgehead atoms. The number of nitrogens with two attached hydrogens (primary N) is 1. The van der Waals surface area contributed by atoms with Gasteiger partial charge >= 0.3 is 0 Å². The van der Waals surface area contributed by atoms with Crippen LogP contribution < -0.4 is 15.8 Å². The highest BCUT2D eigenvalue weighted by Gasteiger charge is 2.23. The number of nitrogen functional groups attached to an aromatic ring is 1. The molecule has 1 heterocycles. The lowest BCUT2D eigenvalue weighted by Crippen LogP contribution is -2.32. The molecule has 2 rings (SSSR count). The zero-order chi connectivity index (χ0) is 13.9. The van der Waals surface area contributed by atoms with Gasteiger partial charge in [0.15, 0.2) is 0 Å². The SMILES string of the molecule is CCOc1cc(NC2CCS(=O)(=O)CC2)ccc1N. The van der Waals surface area contributed by atoms with Gasteiger partial charge in [-0.2, -0.15) is 0 Å². The molecule has 0 unspecified atom stereocenters. The molecule has 3 N–H and O–H groups in total. The molecule has 1 aromatic carbocycles. The van der Waals surface area contributed by atoms with Crippen LogP contribution in [-0.4, -0.2) is 32.6 Å². The highest BCUT2D eigenvalue weighted by molar-refractivity contribution is 7.91. The van der Waals surface area contributed by atoms with Crippen molar-refractivity contribution in [3.63, 3.8) is 0 Å². The maximum absolute atomic E-state index is 11.4. The number of sulfone groups is 1. The Bertz CT molecular complexity index is 529. The van der Waals surface area contributed by atoms with E-state index in [1.54, 1.807) is 6.07 Å². The van der Waals surface area contributed by atoms with Crippen molar-refractivity contribution in [2.45, 2.75) is 25.8 Å². The van der Waals surface area contributed by atoms with Gasteiger partial charge in [0.1, 0.15) is 15.6 Å². The van der Waals surface area contributed by atoms with E-state index in [0.717, 1.165) is 5.69 Å². The Balaban J connectivity index is 2.01. The predicted octanol–water partition coefficient (Wildman–Crippen LogP) is 1.66. The molecule has 0 amide bonds. The fraction of sp³-hybridized carbons (Fsp3) is 0.538. The summed E-state index contributed by atoms with van der Waals surface area (Å²) in [6.45, 7) is 2.47. The van der Waals surface area contributed by atoms with Gasteiger partial charge in [0, 0.05) is 17.8 Å². The van der Waals surface area contributed by atoms with Crippen LogP contribution in [0.25, 0.3) is 0 Å². The predicted molar refractivity (Wildman–Crippen MR) is 77.3 cm³/mol. The summed E-state index contributed by atoms with van der Waals surface area (Å²) in [5.41, 5.74) is 7.34. The van der Waals surface area contributed by atoms with E-state index in [-0.39, 0.29) is 17.5 Å². The van der Waals surface area contributed by atoms with Crippen LogP contribution in [-0.2, 0) is 9.84 Å². The van der Waals surface area contributed by atoms with Gasteiger partial charge in [0.25, 0.3) is 0 Å². The molecular formula is C13H20N2O3S. The monoisotopic (exact) mass is 284 g/mol. The first-order valence-electron chi connectivity index (χ1n) is 6.49. The van der Waals surface area contributed by atoms with E-state index in [1.807, 2.05) is 19.1 Å². The molecular weight excluding hydrogens is 264 g/mol. The summed E-state index contributed by atoms with van der Waals surface area (Å²) in [5, 5.41) is 3.34. The lowest BCUT2D eigenvalue weighted by molar-refractivity contribution is 0.342. The van der Waals surface area contributed by atoms with Crippen molar-refractivity contribution in [2.24, 2.45) is 0 Å². The van der Waals surface area contributed by atoms with Gasteiger partial charge in [-0.15, -0.1) is 0 Å². The molecule has 0 atom stereocenters. The van der Waals surface area contributed by atoms with Crippen LogP contribution in [0.3, 0.4) is 0 Å². The fourth-order valence-electron chi connectivity index (χ4n) is 2.17. The molecule has 1 aliphatic heterocycles. The maximum Gasteiger partial charge on any atom is 0.150 e. The van der Waals surface area contributed by atoms with Crippen molar-refractivity contribution in [3.8, 4) is 5.75 Å². The van der Waals surface area contributed by atoms with Gasteiger partial charge in [-0.3, -0.25) is 0 Å². The van der Waals surface area contributed by atoms with Crippen molar-refractivity contribution >= 4 is 21.2 Å². The first-order valence-corrected chi connectivity index (χ1v) is 8.31. The number of rotatable bonds is 4. The first-order chi connectivity index (χ1) is 9.00. The Hall–Kier alpha value is -1.43. The topological polar surface area (TPSA) is 81.4 Å². The molecule has 0 radical (unpaired) electrons. The normalized spacial score (nSPS) is 19.0. The van der Waals surface area contributed by atoms with E-state index in [0.29, 0.717) is 30.9 Å². The average Bonchev–Trinajstić information content (AvgIpc) is 2.36. The third-order valence-electron chi connectivity index (χ3n) is 3.24. The number of nitrogens with one attached hydrogen (secondary N) is 1. The van der Waals surface area contributed by atoms with Gasteiger partial charge in [0.2, 0.25) is 0 Å². The summed E-state index contributed by atoms with van der Waals surface area (Å²) in [6.07, 6.45) is 1.30. The van der Waals surface area contributed by atoms with E-state index in [1.165, 1.54) is 0 Å². The lowest BCUT2D eigenvalue weighted by atomic mass is 10.1. The maximum atomic E-state index is 11.4. The van der Waals surface area contributed by atoms with E-state index in [4.69, 9.17) is 10.5 Å². The van der Waals surface area contributed by atoms with E-state index < -0.39 is 9.84 Å². The fourth-order valence-corrected chi connectivity index (χ4v) is 3.67. The Morgan fingerprint density at radius 2 is 2.05 bits per heavy atom. The second-order valence-corrected chi connectivity index (χ2v) is 7.06. The summed E-state index contributed by atoms with van der Waals surface area (Å²) < 4.78 is 28.2. The molecule has 0 aromatic heterocycles. The number of anilines is 2. The van der Waals surface area contributed by atoms with Crippen LogP contribution in [0.15, 0.2) is 18.2 Å². The molecule has 1 fully saturated rings. The van der Waals surface area contributed by atoms with Gasteiger partial charge in [-0.25, -0.2) is 8.42 Å². The summed E-state index contributed by atoms with van der Waals surface area (Å²) >= 11 is 0. The molecule has 0 saturated carbocycles.